The molecular formula is C26H23N3O2S. The van der Waals surface area contributed by atoms with Gasteiger partial charge in [0, 0.05) is 23.6 Å². The molecule has 5 nitrogen and oxygen atoms in total. The SMILES string of the molecule is COc1ccc2ccccc2c1C1CC(=O)N2CN(c3cccc(C)c3)CSC2=C1C#N. The van der Waals surface area contributed by atoms with Crippen LogP contribution < -0.4 is 9.64 Å². The second-order valence-corrected chi connectivity index (χ2v) is 9.04. The summed E-state index contributed by atoms with van der Waals surface area (Å²) in [4.78, 5) is 17.3. The van der Waals surface area contributed by atoms with Gasteiger partial charge >= 0.3 is 0 Å². The number of carbonyl (C=O) groups is 1. The Hall–Kier alpha value is -3.43. The van der Waals surface area contributed by atoms with Gasteiger partial charge in [-0.05, 0) is 41.5 Å². The molecule has 1 saturated heterocycles. The van der Waals surface area contributed by atoms with E-state index >= 15 is 0 Å². The summed E-state index contributed by atoms with van der Waals surface area (Å²) in [6.45, 7) is 2.52. The maximum atomic E-state index is 13.4. The molecule has 1 unspecified atom stereocenters. The minimum atomic E-state index is -0.321. The van der Waals surface area contributed by atoms with Crippen molar-refractivity contribution in [2.24, 2.45) is 0 Å². The molecule has 1 fully saturated rings. The maximum Gasteiger partial charge on any atom is 0.229 e. The van der Waals surface area contributed by atoms with E-state index in [0.717, 1.165) is 27.1 Å². The predicted molar refractivity (Wildman–Crippen MR) is 128 cm³/mol. The first-order valence-electron chi connectivity index (χ1n) is 10.6. The number of aryl methyl sites for hydroxylation is 1. The quantitative estimate of drug-likeness (QED) is 0.546. The van der Waals surface area contributed by atoms with Gasteiger partial charge in [-0.15, -0.1) is 0 Å². The van der Waals surface area contributed by atoms with Crippen molar-refractivity contribution in [2.45, 2.75) is 19.3 Å². The average molecular weight is 442 g/mol. The highest BCUT2D eigenvalue weighted by Gasteiger charge is 2.39. The molecule has 0 spiro atoms. The van der Waals surface area contributed by atoms with Crippen LogP contribution in [0.1, 0.15) is 23.5 Å². The van der Waals surface area contributed by atoms with Crippen LogP contribution in [0, 0.1) is 18.3 Å². The normalized spacial score (nSPS) is 18.5. The van der Waals surface area contributed by atoms with Crippen LogP contribution in [0.5, 0.6) is 5.75 Å². The number of rotatable bonds is 3. The highest BCUT2D eigenvalue weighted by Crippen LogP contribution is 2.47. The van der Waals surface area contributed by atoms with Gasteiger partial charge in [0.1, 0.15) is 5.75 Å². The summed E-state index contributed by atoms with van der Waals surface area (Å²) in [5.41, 5.74) is 3.83. The fourth-order valence-electron chi connectivity index (χ4n) is 4.61. The minimum Gasteiger partial charge on any atom is -0.496 e. The molecule has 0 N–H and O–H groups in total. The molecule has 160 valence electrons. The fourth-order valence-corrected chi connectivity index (χ4v) is 5.78. The number of anilines is 1. The van der Waals surface area contributed by atoms with E-state index in [1.54, 1.807) is 23.8 Å². The van der Waals surface area contributed by atoms with Crippen molar-refractivity contribution in [2.75, 3.05) is 24.6 Å². The Kier molecular flexibility index (Phi) is 5.28. The Labute approximate surface area is 191 Å². The number of methoxy groups -OCH3 is 1. The number of nitriles is 1. The van der Waals surface area contributed by atoms with Gasteiger partial charge in [0.05, 0.1) is 36.3 Å². The lowest BCUT2D eigenvalue weighted by molar-refractivity contribution is -0.129. The number of fused-ring (bicyclic) bond motifs is 2. The summed E-state index contributed by atoms with van der Waals surface area (Å²) in [5.74, 6) is 1.11. The summed E-state index contributed by atoms with van der Waals surface area (Å²) in [5, 5.41) is 13.1. The van der Waals surface area contributed by atoms with Crippen molar-refractivity contribution < 1.29 is 9.53 Å². The van der Waals surface area contributed by atoms with Crippen molar-refractivity contribution >= 4 is 34.1 Å². The summed E-state index contributed by atoms with van der Waals surface area (Å²) < 4.78 is 5.68. The van der Waals surface area contributed by atoms with Gasteiger partial charge in [0.15, 0.2) is 0 Å². The molecule has 0 saturated carbocycles. The molecule has 1 amide bonds. The molecule has 1 atom stereocenters. The minimum absolute atomic E-state index is 0.0313. The third-order valence-electron chi connectivity index (χ3n) is 6.16. The Bertz CT molecular complexity index is 1290. The van der Waals surface area contributed by atoms with E-state index in [0.29, 0.717) is 23.9 Å². The summed E-state index contributed by atoms with van der Waals surface area (Å²) in [6.07, 6.45) is 0.249. The molecule has 2 heterocycles. The van der Waals surface area contributed by atoms with Crippen molar-refractivity contribution in [3.8, 4) is 11.8 Å². The van der Waals surface area contributed by atoms with E-state index in [1.165, 1.54) is 5.56 Å². The zero-order chi connectivity index (χ0) is 22.2. The molecule has 3 aromatic carbocycles. The lowest BCUT2D eigenvalue weighted by Crippen LogP contribution is -2.47. The molecule has 0 aromatic heterocycles. The van der Waals surface area contributed by atoms with Crippen LogP contribution in [0.3, 0.4) is 0 Å². The molecule has 32 heavy (non-hydrogen) atoms. The third-order valence-corrected chi connectivity index (χ3v) is 7.31. The van der Waals surface area contributed by atoms with Crippen LogP contribution in [-0.2, 0) is 4.79 Å². The molecular weight excluding hydrogens is 418 g/mol. The van der Waals surface area contributed by atoms with Gasteiger partial charge in [-0.3, -0.25) is 9.69 Å². The summed E-state index contributed by atoms with van der Waals surface area (Å²) >= 11 is 1.56. The smallest absolute Gasteiger partial charge is 0.229 e. The van der Waals surface area contributed by atoms with E-state index in [2.05, 4.69) is 36.1 Å². The van der Waals surface area contributed by atoms with Crippen LogP contribution >= 0.6 is 11.8 Å². The van der Waals surface area contributed by atoms with Crippen LogP contribution in [0.4, 0.5) is 5.69 Å². The molecule has 2 aliphatic heterocycles. The number of ether oxygens (including phenoxy) is 1. The van der Waals surface area contributed by atoms with Crippen molar-refractivity contribution in [1.82, 2.24) is 4.90 Å². The Morgan fingerprint density at radius 1 is 1.12 bits per heavy atom. The van der Waals surface area contributed by atoms with E-state index in [1.807, 2.05) is 42.5 Å². The first kappa shape index (κ1) is 20.5. The number of amides is 1. The Balaban J connectivity index is 1.58. The first-order chi connectivity index (χ1) is 15.6. The fraction of sp³-hybridized carbons (Fsp3) is 0.231. The highest BCUT2D eigenvalue weighted by atomic mass is 32.2. The molecule has 5 rings (SSSR count). The van der Waals surface area contributed by atoms with Gasteiger partial charge in [-0.2, -0.15) is 5.26 Å². The molecule has 0 bridgehead atoms. The molecule has 6 heteroatoms. The van der Waals surface area contributed by atoms with Gasteiger partial charge in [0.2, 0.25) is 5.91 Å². The van der Waals surface area contributed by atoms with E-state index in [4.69, 9.17) is 4.74 Å². The summed E-state index contributed by atoms with van der Waals surface area (Å²) in [7, 11) is 1.64. The monoisotopic (exact) mass is 441 g/mol. The third kappa shape index (κ3) is 3.39. The van der Waals surface area contributed by atoms with Gasteiger partial charge in [0.25, 0.3) is 0 Å². The molecule has 2 aliphatic rings. The second-order valence-electron chi connectivity index (χ2n) is 8.11. The number of benzene rings is 3. The zero-order valence-corrected chi connectivity index (χ0v) is 18.9. The van der Waals surface area contributed by atoms with Crippen molar-refractivity contribution in [3.05, 3.63) is 82.4 Å². The average Bonchev–Trinajstić information content (AvgIpc) is 2.83. The Morgan fingerprint density at radius 2 is 1.97 bits per heavy atom. The number of allylic oxidation sites excluding steroid dienone is 1. The van der Waals surface area contributed by atoms with E-state index in [-0.39, 0.29) is 18.2 Å². The van der Waals surface area contributed by atoms with Crippen LogP contribution in [0.2, 0.25) is 0 Å². The van der Waals surface area contributed by atoms with Gasteiger partial charge < -0.3 is 9.64 Å². The number of hydrogen-bond donors (Lipinski definition) is 0. The molecule has 0 radical (unpaired) electrons. The number of carbonyl (C=O) groups excluding carboxylic acids is 1. The molecule has 3 aromatic rings. The standard InChI is InChI=1S/C26H23N3O2S/c1-17-6-5-8-19(12-17)28-15-29-24(30)13-21(22(14-27)26(29)32-16-28)25-20-9-4-3-7-18(20)10-11-23(25)31-2/h3-12,21H,13,15-16H2,1-2H3. The van der Waals surface area contributed by atoms with Gasteiger partial charge in [-0.25, -0.2) is 0 Å². The zero-order valence-electron chi connectivity index (χ0n) is 18.0. The van der Waals surface area contributed by atoms with Crippen LogP contribution in [0.25, 0.3) is 10.8 Å². The van der Waals surface area contributed by atoms with Crippen LogP contribution in [-0.4, -0.2) is 30.5 Å². The van der Waals surface area contributed by atoms with E-state index < -0.39 is 0 Å². The van der Waals surface area contributed by atoms with Crippen molar-refractivity contribution in [1.29, 1.82) is 5.26 Å². The highest BCUT2D eigenvalue weighted by molar-refractivity contribution is 8.03. The topological polar surface area (TPSA) is 56.6 Å². The van der Waals surface area contributed by atoms with E-state index in [9.17, 15) is 10.1 Å². The largest absolute Gasteiger partial charge is 0.496 e. The second kappa shape index (κ2) is 8.25. The lowest BCUT2D eigenvalue weighted by atomic mass is 9.83. The summed E-state index contributed by atoms with van der Waals surface area (Å²) in [6, 6.07) is 22.7. The van der Waals surface area contributed by atoms with Crippen LogP contribution in [0.15, 0.2) is 71.3 Å². The molecule has 0 aliphatic carbocycles. The van der Waals surface area contributed by atoms with Crippen molar-refractivity contribution in [3.63, 3.8) is 0 Å². The number of nitrogens with zero attached hydrogens (tertiary/aromatic N) is 3. The predicted octanol–water partition coefficient (Wildman–Crippen LogP) is 5.38. The maximum absolute atomic E-state index is 13.4. The lowest BCUT2D eigenvalue weighted by Gasteiger charge is -2.42. The number of thioether (sulfide) groups is 1. The Morgan fingerprint density at radius 3 is 2.75 bits per heavy atom. The number of hydrogen-bond acceptors (Lipinski definition) is 5. The first-order valence-corrected chi connectivity index (χ1v) is 11.5. The van der Waals surface area contributed by atoms with Gasteiger partial charge in [-0.1, -0.05) is 54.2 Å².